The van der Waals surface area contributed by atoms with Crippen LogP contribution in [-0.2, 0) is 4.79 Å². The van der Waals surface area contributed by atoms with E-state index in [9.17, 15) is 4.79 Å². The molecular weight excluding hydrogens is 260 g/mol. The van der Waals surface area contributed by atoms with Crippen LogP contribution in [0.2, 0.25) is 0 Å². The van der Waals surface area contributed by atoms with Crippen molar-refractivity contribution in [3.05, 3.63) is 24.3 Å². The van der Waals surface area contributed by atoms with E-state index in [4.69, 9.17) is 10.5 Å². The van der Waals surface area contributed by atoms with Crippen molar-refractivity contribution in [1.82, 2.24) is 5.32 Å². The van der Waals surface area contributed by atoms with E-state index in [1.54, 1.807) is 18.9 Å². The number of ether oxygens (including phenoxy) is 1. The van der Waals surface area contributed by atoms with Crippen LogP contribution in [0.1, 0.15) is 12.8 Å². The maximum absolute atomic E-state index is 11.8. The maximum Gasteiger partial charge on any atom is 0.238 e. The molecule has 1 saturated carbocycles. The topological polar surface area (TPSA) is 64.3 Å². The number of methoxy groups -OCH3 is 1. The van der Waals surface area contributed by atoms with Gasteiger partial charge in [-0.25, -0.2) is 0 Å². The molecule has 0 aromatic heterocycles. The quantitative estimate of drug-likeness (QED) is 0.745. The van der Waals surface area contributed by atoms with E-state index in [2.05, 4.69) is 5.32 Å². The van der Waals surface area contributed by atoms with Crippen molar-refractivity contribution in [3.63, 3.8) is 0 Å². The summed E-state index contributed by atoms with van der Waals surface area (Å²) in [5, 5.41) is 3.15. The second kappa shape index (κ2) is 5.84. The number of hydrogen-bond acceptors (Lipinski definition) is 4. The van der Waals surface area contributed by atoms with Crippen molar-refractivity contribution in [3.8, 4) is 5.75 Å². The van der Waals surface area contributed by atoms with Gasteiger partial charge in [-0.1, -0.05) is 12.1 Å². The summed E-state index contributed by atoms with van der Waals surface area (Å²) in [6, 6.07) is 7.82. The number of likely N-dealkylation sites (N-methyl/N-ethyl adjacent to an activating group) is 1. The largest absolute Gasteiger partial charge is 0.496 e. The van der Waals surface area contributed by atoms with Crippen LogP contribution in [0, 0.1) is 5.92 Å². The van der Waals surface area contributed by atoms with Crippen LogP contribution in [0.3, 0.4) is 0 Å². The van der Waals surface area contributed by atoms with Gasteiger partial charge in [0.1, 0.15) is 11.3 Å². The lowest BCUT2D eigenvalue weighted by molar-refractivity contribution is -0.124. The fourth-order valence-electron chi connectivity index (χ4n) is 2.30. The second-order valence-corrected chi connectivity index (χ2v) is 5.82. The average molecular weight is 280 g/mol. The summed E-state index contributed by atoms with van der Waals surface area (Å²) in [6.07, 6.45) is 2.13. The number of nitrogens with one attached hydrogen (secondary N) is 1. The molecule has 1 aromatic carbocycles. The van der Waals surface area contributed by atoms with Gasteiger partial charge in [-0.15, -0.1) is 11.8 Å². The van der Waals surface area contributed by atoms with E-state index in [1.807, 2.05) is 31.3 Å². The van der Waals surface area contributed by atoms with Crippen molar-refractivity contribution in [2.75, 3.05) is 19.9 Å². The van der Waals surface area contributed by atoms with Crippen LogP contribution >= 0.6 is 11.8 Å². The Bertz CT molecular complexity index is 463. The highest BCUT2D eigenvalue weighted by atomic mass is 32.2. The van der Waals surface area contributed by atoms with Gasteiger partial charge in [-0.3, -0.25) is 4.79 Å². The van der Waals surface area contributed by atoms with Crippen molar-refractivity contribution < 1.29 is 9.53 Å². The number of primary amides is 1. The minimum Gasteiger partial charge on any atom is -0.496 e. The first-order valence-electron chi connectivity index (χ1n) is 6.38. The van der Waals surface area contributed by atoms with E-state index in [-0.39, 0.29) is 5.91 Å². The van der Waals surface area contributed by atoms with Gasteiger partial charge in [0.2, 0.25) is 5.91 Å². The molecule has 1 amide bonds. The Morgan fingerprint density at radius 3 is 2.74 bits per heavy atom. The molecule has 19 heavy (non-hydrogen) atoms. The molecule has 0 heterocycles. The molecule has 104 valence electrons. The molecule has 0 bridgehead atoms. The van der Waals surface area contributed by atoms with Gasteiger partial charge >= 0.3 is 0 Å². The van der Waals surface area contributed by atoms with Crippen molar-refractivity contribution in [2.24, 2.45) is 11.7 Å². The number of carbonyl (C=O) groups is 1. The van der Waals surface area contributed by atoms with Gasteiger partial charge in [0, 0.05) is 10.6 Å². The number of carbonyl (C=O) groups excluding carboxylic acids is 1. The Balaban J connectivity index is 2.13. The lowest BCUT2D eigenvalue weighted by atomic mass is 9.95. The standard InChI is InChI=1S/C14H20N2O2S/c1-16-14(13(15)17,10-7-8-10)9-19-12-6-4-3-5-11(12)18-2/h3-6,10,16H,7-9H2,1-2H3,(H2,15,17). The molecule has 1 atom stereocenters. The summed E-state index contributed by atoms with van der Waals surface area (Å²) in [7, 11) is 3.46. The lowest BCUT2D eigenvalue weighted by Crippen LogP contribution is -2.57. The van der Waals surface area contributed by atoms with Crippen LogP contribution < -0.4 is 15.8 Å². The maximum atomic E-state index is 11.8. The molecule has 1 aliphatic rings. The Labute approximate surface area is 118 Å². The smallest absolute Gasteiger partial charge is 0.238 e. The first-order chi connectivity index (χ1) is 9.14. The molecule has 0 aliphatic heterocycles. The minimum atomic E-state index is -0.606. The minimum absolute atomic E-state index is 0.264. The van der Waals surface area contributed by atoms with Crippen molar-refractivity contribution >= 4 is 17.7 Å². The third-order valence-corrected chi connectivity index (χ3v) is 4.93. The molecule has 3 N–H and O–H groups in total. The third kappa shape index (κ3) is 2.87. The molecule has 5 heteroatoms. The van der Waals surface area contributed by atoms with E-state index in [1.165, 1.54) is 0 Å². The van der Waals surface area contributed by atoms with Crippen LogP contribution in [0.15, 0.2) is 29.2 Å². The summed E-state index contributed by atoms with van der Waals surface area (Å²) in [5.41, 5.74) is 5.01. The Morgan fingerprint density at radius 1 is 1.53 bits per heavy atom. The number of amides is 1. The van der Waals surface area contributed by atoms with Crippen molar-refractivity contribution in [1.29, 1.82) is 0 Å². The van der Waals surface area contributed by atoms with Crippen LogP contribution in [0.5, 0.6) is 5.75 Å². The molecule has 1 aliphatic carbocycles. The zero-order valence-corrected chi connectivity index (χ0v) is 12.1. The molecular formula is C14H20N2O2S. The molecule has 1 unspecified atom stereocenters. The fourth-order valence-corrected chi connectivity index (χ4v) is 3.67. The normalized spacial score (nSPS) is 17.8. The average Bonchev–Trinajstić information content (AvgIpc) is 3.25. The number of hydrogen-bond donors (Lipinski definition) is 2. The van der Waals surface area contributed by atoms with Gasteiger partial charge in [-0.2, -0.15) is 0 Å². The molecule has 2 rings (SSSR count). The first-order valence-corrected chi connectivity index (χ1v) is 7.37. The summed E-state index contributed by atoms with van der Waals surface area (Å²) in [5.74, 6) is 1.55. The predicted molar refractivity (Wildman–Crippen MR) is 77.4 cm³/mol. The predicted octanol–water partition coefficient (Wildman–Crippen LogP) is 1.64. The van der Waals surface area contributed by atoms with Gasteiger partial charge < -0.3 is 15.8 Å². The zero-order chi connectivity index (χ0) is 13.9. The monoisotopic (exact) mass is 280 g/mol. The number of nitrogens with two attached hydrogens (primary N) is 1. The fraction of sp³-hybridized carbons (Fsp3) is 0.500. The van der Waals surface area contributed by atoms with Crippen LogP contribution in [0.4, 0.5) is 0 Å². The number of benzene rings is 1. The van der Waals surface area contributed by atoms with E-state index < -0.39 is 5.54 Å². The lowest BCUT2D eigenvalue weighted by Gasteiger charge is -2.30. The molecule has 0 saturated heterocycles. The highest BCUT2D eigenvalue weighted by molar-refractivity contribution is 7.99. The molecule has 0 radical (unpaired) electrons. The number of para-hydroxylation sites is 1. The Hall–Kier alpha value is -1.20. The Morgan fingerprint density at radius 2 is 2.21 bits per heavy atom. The highest BCUT2D eigenvalue weighted by Crippen LogP contribution is 2.43. The molecule has 0 spiro atoms. The highest BCUT2D eigenvalue weighted by Gasteiger charge is 2.48. The van der Waals surface area contributed by atoms with Crippen LogP contribution in [-0.4, -0.2) is 31.4 Å². The van der Waals surface area contributed by atoms with Crippen molar-refractivity contribution in [2.45, 2.75) is 23.3 Å². The first kappa shape index (κ1) is 14.2. The number of thioether (sulfide) groups is 1. The molecule has 4 nitrogen and oxygen atoms in total. The molecule has 1 aromatic rings. The van der Waals surface area contributed by atoms with E-state index in [0.29, 0.717) is 11.7 Å². The van der Waals surface area contributed by atoms with Gasteiger partial charge in [-0.05, 0) is 37.9 Å². The summed E-state index contributed by atoms with van der Waals surface area (Å²) in [6.45, 7) is 0. The second-order valence-electron chi connectivity index (χ2n) is 4.80. The number of rotatable bonds is 7. The SMILES string of the molecule is CNC(CSc1ccccc1OC)(C(N)=O)C1CC1. The van der Waals surface area contributed by atoms with Crippen LogP contribution in [0.25, 0.3) is 0 Å². The van der Waals surface area contributed by atoms with E-state index in [0.717, 1.165) is 23.5 Å². The molecule has 1 fully saturated rings. The van der Waals surface area contributed by atoms with E-state index >= 15 is 0 Å². The van der Waals surface area contributed by atoms with Gasteiger partial charge in [0.15, 0.2) is 0 Å². The summed E-state index contributed by atoms with van der Waals surface area (Å²) < 4.78 is 5.32. The van der Waals surface area contributed by atoms with Gasteiger partial charge in [0.05, 0.1) is 7.11 Å². The Kier molecular flexibility index (Phi) is 4.37. The zero-order valence-electron chi connectivity index (χ0n) is 11.3. The van der Waals surface area contributed by atoms with Gasteiger partial charge in [0.25, 0.3) is 0 Å². The summed E-state index contributed by atoms with van der Waals surface area (Å²) in [4.78, 5) is 12.9. The third-order valence-electron chi connectivity index (χ3n) is 3.68. The summed E-state index contributed by atoms with van der Waals surface area (Å²) >= 11 is 1.61.